The number of ether oxygens (including phenoxy) is 1. The first-order valence-corrected chi connectivity index (χ1v) is 8.28. The second-order valence-corrected chi connectivity index (χ2v) is 6.38. The van der Waals surface area contributed by atoms with E-state index in [2.05, 4.69) is 0 Å². The first kappa shape index (κ1) is 19.7. The molecule has 0 spiro atoms. The van der Waals surface area contributed by atoms with Gasteiger partial charge in [-0.25, -0.2) is 4.79 Å². The van der Waals surface area contributed by atoms with E-state index in [1.165, 1.54) is 7.11 Å². The molecule has 1 heterocycles. The molecule has 2 rings (SSSR count). The van der Waals surface area contributed by atoms with Crippen LogP contribution >= 0.6 is 11.6 Å². The summed E-state index contributed by atoms with van der Waals surface area (Å²) in [5.74, 6) is -2.84. The Labute approximate surface area is 156 Å². The number of esters is 1. The van der Waals surface area contributed by atoms with E-state index in [9.17, 15) is 19.2 Å². The van der Waals surface area contributed by atoms with Crippen molar-refractivity contribution < 1.29 is 23.9 Å². The molecule has 2 amide bonds. The number of methoxy groups -OCH3 is 1. The number of anilines is 1. The van der Waals surface area contributed by atoms with E-state index in [0.717, 1.165) is 16.7 Å². The lowest BCUT2D eigenvalue weighted by Gasteiger charge is -2.48. The van der Waals surface area contributed by atoms with Gasteiger partial charge >= 0.3 is 5.97 Å². The quantitative estimate of drug-likeness (QED) is 0.195. The topological polar surface area (TPSA) is 84.0 Å². The molecule has 1 saturated heterocycles. The van der Waals surface area contributed by atoms with Gasteiger partial charge in [0.2, 0.25) is 5.78 Å². The highest BCUT2D eigenvalue weighted by molar-refractivity contribution is 6.42. The van der Waals surface area contributed by atoms with E-state index >= 15 is 0 Å². The van der Waals surface area contributed by atoms with Gasteiger partial charge in [0.05, 0.1) is 7.11 Å². The maximum atomic E-state index is 12.8. The van der Waals surface area contributed by atoms with E-state index in [1.54, 1.807) is 44.2 Å². The molecule has 0 aromatic heterocycles. The van der Waals surface area contributed by atoms with Crippen molar-refractivity contribution in [2.24, 2.45) is 0 Å². The van der Waals surface area contributed by atoms with Crippen LogP contribution in [0.3, 0.4) is 0 Å². The number of halogens is 1. The van der Waals surface area contributed by atoms with Crippen molar-refractivity contribution >= 4 is 40.9 Å². The van der Waals surface area contributed by atoms with E-state index < -0.39 is 35.1 Å². The molecule has 1 aliphatic heterocycles. The first-order valence-electron chi connectivity index (χ1n) is 7.84. The van der Waals surface area contributed by atoms with Gasteiger partial charge in [-0.1, -0.05) is 29.8 Å². The number of likely N-dealkylation sites (tertiary alicyclic amines) is 1. The zero-order chi connectivity index (χ0) is 19.6. The number of para-hydroxylation sites is 1. The van der Waals surface area contributed by atoms with E-state index in [1.807, 2.05) is 0 Å². The van der Waals surface area contributed by atoms with Gasteiger partial charge in [-0.2, -0.15) is 0 Å². The highest BCUT2D eigenvalue weighted by atomic mass is 35.5. The summed E-state index contributed by atoms with van der Waals surface area (Å²) in [6.45, 7) is 4.41. The van der Waals surface area contributed by atoms with Crippen molar-refractivity contribution in [3.8, 4) is 0 Å². The number of ketones is 1. The minimum absolute atomic E-state index is 0.0250. The van der Waals surface area contributed by atoms with E-state index in [-0.39, 0.29) is 5.70 Å². The van der Waals surface area contributed by atoms with Crippen LogP contribution in [0.1, 0.15) is 20.8 Å². The molecule has 2 atom stereocenters. The van der Waals surface area contributed by atoms with Crippen LogP contribution < -0.4 is 4.90 Å². The molecule has 1 aromatic rings. The number of Topliss-reactive ketones (excluding diaryl/α,β-unsaturated/α-hetero) is 1. The maximum Gasteiger partial charge on any atom is 0.354 e. The van der Waals surface area contributed by atoms with Crippen molar-refractivity contribution in [1.29, 1.82) is 0 Å². The number of hydrogen-bond acceptors (Lipinski definition) is 5. The average molecular weight is 379 g/mol. The second kappa shape index (κ2) is 7.70. The number of nitrogens with zero attached hydrogens (tertiary/aromatic N) is 2. The number of β-lactam (4-membered cyclic amide) rings is 1. The van der Waals surface area contributed by atoms with Gasteiger partial charge in [0.15, 0.2) is 6.04 Å². The summed E-state index contributed by atoms with van der Waals surface area (Å²) >= 11 is 6.37. The van der Waals surface area contributed by atoms with Gasteiger partial charge in [-0.05, 0) is 31.6 Å². The molecule has 0 radical (unpaired) electrons. The zero-order valence-corrected chi connectivity index (χ0v) is 15.6. The minimum atomic E-state index is -1.10. The van der Waals surface area contributed by atoms with Crippen LogP contribution in [0.2, 0.25) is 0 Å². The van der Waals surface area contributed by atoms with Gasteiger partial charge in [0, 0.05) is 12.6 Å². The molecular weight excluding hydrogens is 360 g/mol. The monoisotopic (exact) mass is 378 g/mol. The Hall–Kier alpha value is -2.67. The van der Waals surface area contributed by atoms with Crippen molar-refractivity contribution in [2.75, 3.05) is 12.0 Å². The number of allylic oxidation sites excluding steroid dienone is 1. The molecule has 0 bridgehead atoms. The first-order chi connectivity index (χ1) is 12.2. The Morgan fingerprint density at radius 1 is 1.12 bits per heavy atom. The number of rotatable bonds is 5. The van der Waals surface area contributed by atoms with E-state index in [4.69, 9.17) is 16.3 Å². The highest BCUT2D eigenvalue weighted by Gasteiger charge is 2.55. The fraction of sp³-hybridized carbons (Fsp3) is 0.333. The number of amides is 2. The molecule has 26 heavy (non-hydrogen) atoms. The molecule has 1 aliphatic rings. The molecule has 1 fully saturated rings. The smallest absolute Gasteiger partial charge is 0.354 e. The van der Waals surface area contributed by atoms with Crippen LogP contribution in [0.15, 0.2) is 41.6 Å². The summed E-state index contributed by atoms with van der Waals surface area (Å²) in [6, 6.07) is 7.19. The van der Waals surface area contributed by atoms with Crippen LogP contribution in [0.25, 0.3) is 0 Å². The van der Waals surface area contributed by atoms with Crippen LogP contribution in [0, 0.1) is 0 Å². The Kier molecular flexibility index (Phi) is 5.82. The summed E-state index contributed by atoms with van der Waals surface area (Å²) in [5.41, 5.74) is -0.0846. The molecule has 0 aliphatic carbocycles. The van der Waals surface area contributed by atoms with Crippen LogP contribution in [-0.4, -0.2) is 47.1 Å². The third-order valence-electron chi connectivity index (χ3n) is 3.92. The predicted molar refractivity (Wildman–Crippen MR) is 95.3 cm³/mol. The standard InChI is InChI=1S/C18H19ClN2O5/c1-10(2)13(18(25)26-4)21-15(19)14(17(21)24)20(16(23)11(3)22)12-8-6-5-7-9-12/h5-9,14-15H,1-4H3/t14-,15+/m1/s1. The van der Waals surface area contributed by atoms with Crippen molar-refractivity contribution in [3.05, 3.63) is 41.6 Å². The van der Waals surface area contributed by atoms with E-state index in [0.29, 0.717) is 11.3 Å². The van der Waals surface area contributed by atoms with Crippen molar-refractivity contribution in [3.63, 3.8) is 0 Å². The lowest BCUT2D eigenvalue weighted by Crippen LogP contribution is -2.70. The Morgan fingerprint density at radius 3 is 2.12 bits per heavy atom. The Balaban J connectivity index is 2.43. The highest BCUT2D eigenvalue weighted by Crippen LogP contribution is 2.36. The van der Waals surface area contributed by atoms with Gasteiger partial charge in [0.25, 0.3) is 11.8 Å². The number of alkyl halides is 1. The maximum absolute atomic E-state index is 12.8. The largest absolute Gasteiger partial charge is 0.464 e. The fourth-order valence-electron chi connectivity index (χ4n) is 2.71. The van der Waals surface area contributed by atoms with Gasteiger partial charge < -0.3 is 4.74 Å². The summed E-state index contributed by atoms with van der Waals surface area (Å²) < 4.78 is 4.71. The third-order valence-corrected chi connectivity index (χ3v) is 4.36. The summed E-state index contributed by atoms with van der Waals surface area (Å²) in [5, 5.41) is 0. The molecule has 7 nitrogen and oxygen atoms in total. The average Bonchev–Trinajstić information content (AvgIpc) is 2.62. The second-order valence-electron chi connectivity index (χ2n) is 5.93. The molecule has 138 valence electrons. The van der Waals surface area contributed by atoms with Crippen LogP contribution in [-0.2, 0) is 23.9 Å². The summed E-state index contributed by atoms with van der Waals surface area (Å²) in [7, 11) is 1.20. The number of carbonyl (C=O) groups excluding carboxylic acids is 4. The molecular formula is C18H19ClN2O5. The zero-order valence-electron chi connectivity index (χ0n) is 14.9. The molecule has 0 unspecified atom stereocenters. The van der Waals surface area contributed by atoms with Crippen molar-refractivity contribution in [1.82, 2.24) is 4.90 Å². The summed E-state index contributed by atoms with van der Waals surface area (Å²) in [4.78, 5) is 51.0. The molecule has 0 saturated carbocycles. The minimum Gasteiger partial charge on any atom is -0.464 e. The lowest BCUT2D eigenvalue weighted by molar-refractivity contribution is -0.151. The number of benzene rings is 1. The summed E-state index contributed by atoms with van der Waals surface area (Å²) in [6.07, 6.45) is 0. The number of hydrogen-bond donors (Lipinski definition) is 0. The fourth-order valence-corrected chi connectivity index (χ4v) is 3.12. The van der Waals surface area contributed by atoms with Gasteiger partial charge in [-0.15, -0.1) is 0 Å². The molecule has 8 heteroatoms. The van der Waals surface area contributed by atoms with Crippen LogP contribution in [0.5, 0.6) is 0 Å². The molecule has 0 N–H and O–H groups in total. The Bertz CT molecular complexity index is 786. The van der Waals surface area contributed by atoms with Crippen LogP contribution in [0.4, 0.5) is 5.69 Å². The SMILES string of the molecule is COC(=O)C(=C(C)C)N1C(=O)[C@H](N(C(=O)C(C)=O)c2ccccc2)[C@H]1Cl. The third kappa shape index (κ3) is 3.35. The predicted octanol–water partition coefficient (Wildman–Crippen LogP) is 1.85. The van der Waals surface area contributed by atoms with Gasteiger partial charge in [0.1, 0.15) is 11.2 Å². The Morgan fingerprint density at radius 2 is 1.69 bits per heavy atom. The van der Waals surface area contributed by atoms with Gasteiger partial charge in [-0.3, -0.25) is 24.2 Å². The lowest BCUT2D eigenvalue weighted by atomic mass is 10.0. The number of carbonyl (C=O) groups is 4. The van der Waals surface area contributed by atoms with Crippen molar-refractivity contribution in [2.45, 2.75) is 32.3 Å². The normalized spacial score (nSPS) is 18.7. The molecule has 1 aromatic carbocycles.